The van der Waals surface area contributed by atoms with E-state index < -0.39 is 0 Å². The van der Waals surface area contributed by atoms with Gasteiger partial charge in [0.1, 0.15) is 0 Å². The Morgan fingerprint density at radius 2 is 1.89 bits per heavy atom. The molecule has 4 heteroatoms. The summed E-state index contributed by atoms with van der Waals surface area (Å²) < 4.78 is 0. The largest absolute Gasteiger partial charge is 0.351 e. The van der Waals surface area contributed by atoms with Gasteiger partial charge in [0, 0.05) is 24.5 Å². The van der Waals surface area contributed by atoms with E-state index >= 15 is 0 Å². The van der Waals surface area contributed by atoms with Crippen molar-refractivity contribution in [1.29, 1.82) is 0 Å². The first-order chi connectivity index (χ1) is 8.37. The zero-order chi connectivity index (χ0) is 13.3. The van der Waals surface area contributed by atoms with Gasteiger partial charge in [-0.3, -0.25) is 9.59 Å². The Balaban J connectivity index is 1.93. The van der Waals surface area contributed by atoms with Gasteiger partial charge in [-0.15, -0.1) is 0 Å². The van der Waals surface area contributed by atoms with E-state index in [1.165, 1.54) is 12.8 Å². The smallest absolute Gasteiger partial charge is 0.225 e. The van der Waals surface area contributed by atoms with E-state index in [0.29, 0.717) is 19.0 Å². The van der Waals surface area contributed by atoms with Crippen molar-refractivity contribution in [3.05, 3.63) is 0 Å². The summed E-state index contributed by atoms with van der Waals surface area (Å²) in [7, 11) is 0. The minimum atomic E-state index is -0.221. The van der Waals surface area contributed by atoms with Crippen molar-refractivity contribution in [2.75, 3.05) is 6.54 Å². The number of carbonyl (C=O) groups is 2. The normalized spacial score (nSPS) is 25.8. The van der Waals surface area contributed by atoms with Crippen LogP contribution in [0.5, 0.6) is 0 Å². The second-order valence-corrected chi connectivity index (χ2v) is 6.62. The third-order valence-corrected chi connectivity index (χ3v) is 3.79. The van der Waals surface area contributed by atoms with Crippen LogP contribution in [0.2, 0.25) is 0 Å². The van der Waals surface area contributed by atoms with E-state index in [1.54, 1.807) is 0 Å². The van der Waals surface area contributed by atoms with Gasteiger partial charge in [0.2, 0.25) is 11.8 Å². The minimum Gasteiger partial charge on any atom is -0.351 e. The van der Waals surface area contributed by atoms with Gasteiger partial charge in [-0.25, -0.2) is 0 Å². The highest BCUT2D eigenvalue weighted by Crippen LogP contribution is 2.29. The van der Waals surface area contributed by atoms with Gasteiger partial charge in [0.15, 0.2) is 0 Å². The second-order valence-electron chi connectivity index (χ2n) is 6.62. The fourth-order valence-electron chi connectivity index (χ4n) is 2.95. The molecule has 0 radical (unpaired) electrons. The molecule has 2 aliphatic rings. The fourth-order valence-corrected chi connectivity index (χ4v) is 2.95. The third kappa shape index (κ3) is 3.03. The number of likely N-dealkylation sites (tertiary alicyclic amines) is 1. The molecule has 1 heterocycles. The lowest BCUT2D eigenvalue weighted by molar-refractivity contribution is -0.130. The zero-order valence-corrected chi connectivity index (χ0v) is 11.7. The van der Waals surface area contributed by atoms with Crippen LogP contribution in [0.4, 0.5) is 0 Å². The van der Waals surface area contributed by atoms with Gasteiger partial charge in [0.25, 0.3) is 0 Å². The van der Waals surface area contributed by atoms with Crippen molar-refractivity contribution < 1.29 is 9.59 Å². The monoisotopic (exact) mass is 252 g/mol. The summed E-state index contributed by atoms with van der Waals surface area (Å²) >= 11 is 0. The quantitative estimate of drug-likeness (QED) is 0.813. The van der Waals surface area contributed by atoms with Crippen molar-refractivity contribution in [3.8, 4) is 0 Å². The van der Waals surface area contributed by atoms with Crippen LogP contribution < -0.4 is 5.32 Å². The lowest BCUT2D eigenvalue weighted by Gasteiger charge is -2.25. The van der Waals surface area contributed by atoms with Crippen LogP contribution in [0.1, 0.15) is 52.9 Å². The highest BCUT2D eigenvalue weighted by Gasteiger charge is 2.39. The maximum absolute atomic E-state index is 12.1. The van der Waals surface area contributed by atoms with Gasteiger partial charge in [-0.2, -0.15) is 0 Å². The lowest BCUT2D eigenvalue weighted by atomic mass is 10.0. The third-order valence-electron chi connectivity index (χ3n) is 3.79. The molecule has 4 nitrogen and oxygen atoms in total. The van der Waals surface area contributed by atoms with Crippen LogP contribution in [-0.2, 0) is 9.59 Å². The number of amides is 2. The highest BCUT2D eigenvalue weighted by molar-refractivity contribution is 5.89. The molecule has 0 bridgehead atoms. The molecule has 102 valence electrons. The van der Waals surface area contributed by atoms with Crippen LogP contribution in [-0.4, -0.2) is 34.8 Å². The summed E-state index contributed by atoms with van der Waals surface area (Å²) in [6.45, 7) is 6.52. The molecule has 1 atom stereocenters. The zero-order valence-electron chi connectivity index (χ0n) is 11.7. The number of nitrogens with zero attached hydrogens (tertiary/aromatic N) is 1. The Bertz CT molecular complexity index is 340. The van der Waals surface area contributed by atoms with Gasteiger partial charge in [0.05, 0.1) is 5.92 Å². The molecule has 18 heavy (non-hydrogen) atoms. The van der Waals surface area contributed by atoms with E-state index in [9.17, 15) is 9.59 Å². The highest BCUT2D eigenvalue weighted by atomic mass is 16.2. The predicted molar refractivity (Wildman–Crippen MR) is 70.0 cm³/mol. The average molecular weight is 252 g/mol. The number of rotatable bonds is 2. The fraction of sp³-hybridized carbons (Fsp3) is 0.857. The van der Waals surface area contributed by atoms with Crippen molar-refractivity contribution in [1.82, 2.24) is 10.2 Å². The lowest BCUT2D eigenvalue weighted by Crippen LogP contribution is -2.44. The first kappa shape index (κ1) is 13.4. The molecule has 1 aliphatic carbocycles. The number of carbonyl (C=O) groups excluding carboxylic acids is 2. The molecule has 1 N–H and O–H groups in total. The Kier molecular flexibility index (Phi) is 3.64. The summed E-state index contributed by atoms with van der Waals surface area (Å²) in [5.41, 5.74) is -0.221. The first-order valence-corrected chi connectivity index (χ1v) is 6.98. The number of nitrogens with one attached hydrogen (secondary N) is 1. The molecule has 1 aliphatic heterocycles. The van der Waals surface area contributed by atoms with E-state index in [-0.39, 0.29) is 23.3 Å². The molecular formula is C14H24N2O2. The van der Waals surface area contributed by atoms with Gasteiger partial charge < -0.3 is 10.2 Å². The van der Waals surface area contributed by atoms with Crippen molar-refractivity contribution >= 4 is 11.8 Å². The average Bonchev–Trinajstić information content (AvgIpc) is 2.82. The van der Waals surface area contributed by atoms with Crippen LogP contribution in [0, 0.1) is 5.92 Å². The van der Waals surface area contributed by atoms with Crippen LogP contribution in [0.25, 0.3) is 0 Å². The molecule has 0 unspecified atom stereocenters. The second kappa shape index (κ2) is 4.90. The van der Waals surface area contributed by atoms with Crippen molar-refractivity contribution in [2.24, 2.45) is 5.92 Å². The molecule has 1 saturated carbocycles. The molecule has 0 aromatic carbocycles. The van der Waals surface area contributed by atoms with Gasteiger partial charge in [-0.05, 0) is 33.6 Å². The molecule has 2 amide bonds. The maximum atomic E-state index is 12.1. The van der Waals surface area contributed by atoms with E-state index in [1.807, 2.05) is 25.7 Å². The van der Waals surface area contributed by atoms with Crippen LogP contribution in [0.15, 0.2) is 0 Å². The summed E-state index contributed by atoms with van der Waals surface area (Å²) in [4.78, 5) is 26.0. The topological polar surface area (TPSA) is 49.4 Å². The van der Waals surface area contributed by atoms with Crippen molar-refractivity contribution in [3.63, 3.8) is 0 Å². The van der Waals surface area contributed by atoms with Crippen LogP contribution in [0.3, 0.4) is 0 Å². The first-order valence-electron chi connectivity index (χ1n) is 6.98. The molecule has 0 aromatic rings. The number of hydrogen-bond acceptors (Lipinski definition) is 2. The molecule has 0 spiro atoms. The Morgan fingerprint density at radius 1 is 1.28 bits per heavy atom. The summed E-state index contributed by atoms with van der Waals surface area (Å²) in [5.74, 6) is 0.0321. The Hall–Kier alpha value is -1.06. The van der Waals surface area contributed by atoms with Gasteiger partial charge >= 0.3 is 0 Å². The van der Waals surface area contributed by atoms with Crippen LogP contribution >= 0.6 is 0 Å². The Labute approximate surface area is 109 Å². The molecule has 2 fully saturated rings. The summed E-state index contributed by atoms with van der Waals surface area (Å²) in [5, 5.41) is 2.97. The van der Waals surface area contributed by atoms with E-state index in [4.69, 9.17) is 0 Å². The Morgan fingerprint density at radius 3 is 2.44 bits per heavy atom. The standard InChI is InChI=1S/C14H24N2O2/c1-14(2,3)15-13(18)10-8-12(17)16(9-10)11-6-4-5-7-11/h10-11H,4-9H2,1-3H3,(H,15,18)/t10-/m1/s1. The molecule has 1 saturated heterocycles. The molecular weight excluding hydrogens is 228 g/mol. The molecule has 2 rings (SSSR count). The predicted octanol–water partition coefficient (Wildman–Crippen LogP) is 1.69. The maximum Gasteiger partial charge on any atom is 0.225 e. The SMILES string of the molecule is CC(C)(C)NC(=O)[C@@H]1CC(=O)N(C2CCCC2)C1. The minimum absolute atomic E-state index is 0.0244. The van der Waals surface area contributed by atoms with E-state index in [2.05, 4.69) is 5.32 Å². The molecule has 0 aromatic heterocycles. The number of hydrogen-bond donors (Lipinski definition) is 1. The van der Waals surface area contributed by atoms with Gasteiger partial charge in [-0.1, -0.05) is 12.8 Å². The summed E-state index contributed by atoms with van der Waals surface area (Å²) in [6.07, 6.45) is 5.04. The summed E-state index contributed by atoms with van der Waals surface area (Å²) in [6, 6.07) is 0.393. The van der Waals surface area contributed by atoms with E-state index in [0.717, 1.165) is 12.8 Å². The van der Waals surface area contributed by atoms with Crippen molar-refractivity contribution in [2.45, 2.75) is 64.5 Å².